The number of carbonyl (C=O) groups is 2. The van der Waals surface area contributed by atoms with Crippen LogP contribution in [0.4, 0.5) is 10.1 Å². The molecule has 1 aliphatic heterocycles. The van der Waals surface area contributed by atoms with Gasteiger partial charge in [0.1, 0.15) is 12.4 Å². The standard InChI is InChI=1S/C29H26FIN2O5S/c1-4-36-24-15-19(14-23(31)26(24)38-17-18-6-10-21(30)11-7-18)16-25-27(34)33(3)29(39-25)32-22-12-8-20(9-13-22)28(35)37-5-2/h6-16H,4-5,17H2,1-3H3/b25-16-,32-29?. The molecule has 0 radical (unpaired) electrons. The zero-order chi connectivity index (χ0) is 27.9. The topological polar surface area (TPSA) is 77.4 Å². The Kier molecular flexibility index (Phi) is 9.63. The van der Waals surface area contributed by atoms with Gasteiger partial charge in [-0.15, -0.1) is 0 Å². The molecule has 0 aliphatic carbocycles. The molecule has 0 spiro atoms. The van der Waals surface area contributed by atoms with Gasteiger partial charge in [0.25, 0.3) is 5.91 Å². The van der Waals surface area contributed by atoms with E-state index in [1.807, 2.05) is 19.1 Å². The summed E-state index contributed by atoms with van der Waals surface area (Å²) in [5.74, 6) is 0.271. The van der Waals surface area contributed by atoms with E-state index in [2.05, 4.69) is 27.6 Å². The summed E-state index contributed by atoms with van der Waals surface area (Å²) in [6.07, 6.45) is 1.80. The van der Waals surface area contributed by atoms with Crippen LogP contribution in [0.5, 0.6) is 11.5 Å². The lowest BCUT2D eigenvalue weighted by Crippen LogP contribution is -2.23. The molecule has 39 heavy (non-hydrogen) atoms. The molecule has 7 nitrogen and oxygen atoms in total. The van der Waals surface area contributed by atoms with Gasteiger partial charge in [-0.1, -0.05) is 12.1 Å². The molecule has 1 aliphatic rings. The molecule has 0 N–H and O–H groups in total. The van der Waals surface area contributed by atoms with Crippen LogP contribution < -0.4 is 9.47 Å². The quantitative estimate of drug-likeness (QED) is 0.143. The van der Waals surface area contributed by atoms with Gasteiger partial charge < -0.3 is 14.2 Å². The Morgan fingerprint density at radius 1 is 1.05 bits per heavy atom. The number of hydrogen-bond donors (Lipinski definition) is 0. The summed E-state index contributed by atoms with van der Waals surface area (Å²) < 4.78 is 30.9. The molecule has 0 saturated carbocycles. The van der Waals surface area contributed by atoms with E-state index >= 15 is 0 Å². The fourth-order valence-electron chi connectivity index (χ4n) is 3.61. The molecule has 1 saturated heterocycles. The Morgan fingerprint density at radius 2 is 1.77 bits per heavy atom. The predicted octanol–water partition coefficient (Wildman–Crippen LogP) is 6.82. The van der Waals surface area contributed by atoms with E-state index in [-0.39, 0.29) is 18.3 Å². The molecule has 3 aromatic carbocycles. The van der Waals surface area contributed by atoms with Crippen molar-refractivity contribution in [3.63, 3.8) is 0 Å². The lowest BCUT2D eigenvalue weighted by molar-refractivity contribution is -0.121. The molecule has 202 valence electrons. The van der Waals surface area contributed by atoms with Crippen LogP contribution in [-0.2, 0) is 16.1 Å². The molecular weight excluding hydrogens is 634 g/mol. The van der Waals surface area contributed by atoms with Crippen LogP contribution in [0.25, 0.3) is 6.08 Å². The second kappa shape index (κ2) is 13.1. The first kappa shape index (κ1) is 28.6. The molecule has 0 aromatic heterocycles. The third-order valence-corrected chi connectivity index (χ3v) is 7.39. The Bertz CT molecular complexity index is 1420. The molecular formula is C29H26FIN2O5S. The van der Waals surface area contributed by atoms with Gasteiger partial charge in [0.05, 0.1) is 32.9 Å². The number of hydrogen-bond acceptors (Lipinski definition) is 7. The first-order chi connectivity index (χ1) is 18.8. The van der Waals surface area contributed by atoms with Crippen molar-refractivity contribution in [2.24, 2.45) is 4.99 Å². The molecule has 1 amide bonds. The highest BCUT2D eigenvalue weighted by Crippen LogP contribution is 2.38. The summed E-state index contributed by atoms with van der Waals surface area (Å²) in [5.41, 5.74) is 2.66. The van der Waals surface area contributed by atoms with Gasteiger partial charge in [0, 0.05) is 7.05 Å². The number of ether oxygens (including phenoxy) is 3. The van der Waals surface area contributed by atoms with E-state index < -0.39 is 5.97 Å². The van der Waals surface area contributed by atoms with Gasteiger partial charge in [-0.05, 0) is 114 Å². The second-order valence-corrected chi connectivity index (χ2v) is 10.5. The van der Waals surface area contributed by atoms with Crippen molar-refractivity contribution in [2.75, 3.05) is 20.3 Å². The van der Waals surface area contributed by atoms with Crippen molar-refractivity contribution in [1.29, 1.82) is 0 Å². The van der Waals surface area contributed by atoms with Gasteiger partial charge in [-0.2, -0.15) is 0 Å². The maximum atomic E-state index is 13.2. The van der Waals surface area contributed by atoms with E-state index in [0.717, 1.165) is 14.7 Å². The van der Waals surface area contributed by atoms with Crippen molar-refractivity contribution in [3.05, 3.63) is 91.6 Å². The number of nitrogens with zero attached hydrogens (tertiary/aromatic N) is 2. The lowest BCUT2D eigenvalue weighted by atomic mass is 10.1. The highest BCUT2D eigenvalue weighted by molar-refractivity contribution is 14.1. The zero-order valence-electron chi connectivity index (χ0n) is 21.6. The smallest absolute Gasteiger partial charge is 0.338 e. The number of amides is 1. The first-order valence-corrected chi connectivity index (χ1v) is 14.1. The van der Waals surface area contributed by atoms with E-state index in [9.17, 15) is 14.0 Å². The number of rotatable bonds is 9. The Balaban J connectivity index is 1.54. The molecule has 3 aromatic rings. The van der Waals surface area contributed by atoms with Crippen molar-refractivity contribution in [1.82, 2.24) is 4.90 Å². The van der Waals surface area contributed by atoms with Crippen molar-refractivity contribution in [2.45, 2.75) is 20.5 Å². The molecule has 1 fully saturated rings. The summed E-state index contributed by atoms with van der Waals surface area (Å²) in [6, 6.07) is 16.6. The SMILES string of the molecule is CCOC(=O)c1ccc(N=C2S/C(=C\c3cc(I)c(OCc4ccc(F)cc4)c(OCC)c3)C(=O)N2C)cc1. The van der Waals surface area contributed by atoms with Gasteiger partial charge in [-0.25, -0.2) is 14.2 Å². The molecule has 0 bridgehead atoms. The van der Waals surface area contributed by atoms with Crippen LogP contribution in [0.1, 0.15) is 35.3 Å². The van der Waals surface area contributed by atoms with E-state index in [1.165, 1.54) is 28.8 Å². The number of likely N-dealkylation sites (N-methyl/N-ethyl adjacent to an activating group) is 1. The van der Waals surface area contributed by atoms with Gasteiger partial charge in [0.2, 0.25) is 0 Å². The summed E-state index contributed by atoms with van der Waals surface area (Å²) in [6.45, 7) is 4.64. The van der Waals surface area contributed by atoms with Crippen LogP contribution in [-0.4, -0.2) is 42.2 Å². The summed E-state index contributed by atoms with van der Waals surface area (Å²) in [4.78, 5) is 31.5. The molecule has 10 heteroatoms. The first-order valence-electron chi connectivity index (χ1n) is 12.2. The van der Waals surface area contributed by atoms with Gasteiger partial charge in [-0.3, -0.25) is 9.69 Å². The van der Waals surface area contributed by atoms with Crippen LogP contribution in [0.3, 0.4) is 0 Å². The number of halogens is 2. The fraction of sp³-hybridized carbons (Fsp3) is 0.207. The normalized spacial score (nSPS) is 15.2. The van der Waals surface area contributed by atoms with Crippen molar-refractivity contribution >= 4 is 63.2 Å². The average Bonchev–Trinajstić information content (AvgIpc) is 3.17. The average molecular weight is 661 g/mol. The second-order valence-electron chi connectivity index (χ2n) is 8.31. The molecule has 0 atom stereocenters. The van der Waals surface area contributed by atoms with Crippen LogP contribution in [0, 0.1) is 9.39 Å². The highest BCUT2D eigenvalue weighted by Gasteiger charge is 2.30. The van der Waals surface area contributed by atoms with Gasteiger partial charge in [0.15, 0.2) is 16.7 Å². The lowest BCUT2D eigenvalue weighted by Gasteiger charge is -2.15. The maximum absolute atomic E-state index is 13.2. The number of carbonyl (C=O) groups excluding carboxylic acids is 2. The zero-order valence-corrected chi connectivity index (χ0v) is 24.5. The Labute approximate surface area is 244 Å². The number of esters is 1. The van der Waals surface area contributed by atoms with Gasteiger partial charge >= 0.3 is 5.97 Å². The largest absolute Gasteiger partial charge is 0.490 e. The van der Waals surface area contributed by atoms with Crippen LogP contribution in [0.15, 0.2) is 70.6 Å². The minimum absolute atomic E-state index is 0.175. The summed E-state index contributed by atoms with van der Waals surface area (Å²) in [7, 11) is 1.67. The number of amidine groups is 1. The minimum atomic E-state index is -0.391. The van der Waals surface area contributed by atoms with Crippen LogP contribution in [0.2, 0.25) is 0 Å². The van der Waals surface area contributed by atoms with Crippen LogP contribution >= 0.6 is 34.4 Å². The van der Waals surface area contributed by atoms with Crippen molar-refractivity contribution < 1.29 is 28.2 Å². The summed E-state index contributed by atoms with van der Waals surface area (Å²) >= 11 is 3.44. The predicted molar refractivity (Wildman–Crippen MR) is 159 cm³/mol. The fourth-order valence-corrected chi connectivity index (χ4v) is 5.38. The Hall–Kier alpha value is -3.38. The monoisotopic (exact) mass is 660 g/mol. The van der Waals surface area contributed by atoms with E-state index in [1.54, 1.807) is 56.4 Å². The summed E-state index contributed by atoms with van der Waals surface area (Å²) in [5, 5.41) is 0.522. The van der Waals surface area contributed by atoms with E-state index in [0.29, 0.717) is 46.0 Å². The third-order valence-electron chi connectivity index (χ3n) is 5.53. The van der Waals surface area contributed by atoms with Crippen molar-refractivity contribution in [3.8, 4) is 11.5 Å². The van der Waals surface area contributed by atoms with E-state index in [4.69, 9.17) is 14.2 Å². The minimum Gasteiger partial charge on any atom is -0.490 e. The third kappa shape index (κ3) is 7.18. The highest BCUT2D eigenvalue weighted by atomic mass is 127. The number of aliphatic imine (C=N–C) groups is 1. The molecule has 0 unspecified atom stereocenters. The Morgan fingerprint density at radius 3 is 2.44 bits per heavy atom. The molecule has 4 rings (SSSR count). The number of thioether (sulfide) groups is 1. The maximum Gasteiger partial charge on any atom is 0.338 e. The number of benzene rings is 3. The molecule has 1 heterocycles.